The maximum atomic E-state index is 11.5. The molecule has 3 aliphatic rings. The molecule has 2 aromatic heterocycles. The Bertz CT molecular complexity index is 886. The number of carbonyl (C=O) groups is 1. The molecule has 2 N–H and O–H groups in total. The molecule has 2 aromatic rings. The molecule has 0 spiro atoms. The van der Waals surface area contributed by atoms with E-state index in [4.69, 9.17) is 4.74 Å². The molecule has 8 heteroatoms. The summed E-state index contributed by atoms with van der Waals surface area (Å²) in [5.41, 5.74) is 3.14. The molecule has 0 radical (unpaired) electrons. The summed E-state index contributed by atoms with van der Waals surface area (Å²) >= 11 is 0. The predicted octanol–water partition coefficient (Wildman–Crippen LogP) is 1.23. The number of piperidine rings is 1. The molecule has 1 unspecified atom stereocenters. The number of anilines is 1. The minimum atomic E-state index is -1.00. The Labute approximate surface area is 176 Å². The van der Waals surface area contributed by atoms with Crippen LogP contribution < -0.4 is 10.2 Å². The fourth-order valence-electron chi connectivity index (χ4n) is 5.05. The van der Waals surface area contributed by atoms with Crippen LogP contribution in [-0.4, -0.2) is 71.3 Å². The highest BCUT2D eigenvalue weighted by atomic mass is 16.5. The van der Waals surface area contributed by atoms with E-state index >= 15 is 0 Å². The summed E-state index contributed by atoms with van der Waals surface area (Å²) in [7, 11) is 0. The molecule has 8 nitrogen and oxygen atoms in total. The Kier molecular flexibility index (Phi) is 5.62. The Balaban J connectivity index is 1.23. The molecule has 0 aromatic carbocycles. The van der Waals surface area contributed by atoms with Gasteiger partial charge in [-0.1, -0.05) is 0 Å². The van der Waals surface area contributed by atoms with Crippen LogP contribution in [-0.2, 0) is 16.0 Å². The van der Waals surface area contributed by atoms with Gasteiger partial charge in [-0.3, -0.25) is 4.79 Å². The first-order valence-corrected chi connectivity index (χ1v) is 11.2. The number of likely N-dealkylation sites (tertiary alicyclic amines) is 1. The molecule has 5 heterocycles. The number of pyridine rings is 1. The van der Waals surface area contributed by atoms with Crippen LogP contribution in [0.5, 0.6) is 0 Å². The van der Waals surface area contributed by atoms with E-state index in [0.29, 0.717) is 18.9 Å². The highest BCUT2D eigenvalue weighted by Gasteiger charge is 2.27. The van der Waals surface area contributed by atoms with Gasteiger partial charge in [0.05, 0.1) is 24.0 Å². The lowest BCUT2D eigenvalue weighted by atomic mass is 9.90. The Morgan fingerprint density at radius 2 is 2.07 bits per heavy atom. The zero-order chi connectivity index (χ0) is 20.5. The zero-order valence-corrected chi connectivity index (χ0v) is 17.4. The van der Waals surface area contributed by atoms with E-state index in [1.807, 2.05) is 10.7 Å². The predicted molar refractivity (Wildman–Crippen MR) is 113 cm³/mol. The molecular weight excluding hydrogens is 382 g/mol. The quantitative estimate of drug-likeness (QED) is 0.767. The van der Waals surface area contributed by atoms with E-state index in [0.717, 1.165) is 36.8 Å². The van der Waals surface area contributed by atoms with Crippen LogP contribution in [0.4, 0.5) is 5.69 Å². The third kappa shape index (κ3) is 4.17. The standard InChI is InChI=1S/C22H31N5O3/c28-21-4-8-26(22(29)24-21)20-13-23-27-9-3-17(12-19(20)27)11-16-1-6-25(7-2-16)14-18-5-10-30-15-18/h3,9,12-13,16,18,22,29H,1-2,4-8,10-11,14-15H2,(H,24,28)/t18-,22?/m1/s1. The Morgan fingerprint density at radius 1 is 1.20 bits per heavy atom. The van der Waals surface area contributed by atoms with Gasteiger partial charge in [0.2, 0.25) is 12.3 Å². The number of fused-ring (bicyclic) bond motifs is 1. The number of hydrogen-bond acceptors (Lipinski definition) is 6. The largest absolute Gasteiger partial charge is 0.381 e. The molecule has 162 valence electrons. The molecule has 3 aliphatic heterocycles. The van der Waals surface area contributed by atoms with Gasteiger partial charge in [0, 0.05) is 32.3 Å². The molecule has 3 saturated heterocycles. The van der Waals surface area contributed by atoms with Gasteiger partial charge < -0.3 is 25.0 Å². The zero-order valence-electron chi connectivity index (χ0n) is 17.4. The Morgan fingerprint density at radius 3 is 2.83 bits per heavy atom. The first kappa shape index (κ1) is 19.8. The highest BCUT2D eigenvalue weighted by Crippen LogP contribution is 2.28. The van der Waals surface area contributed by atoms with Crippen LogP contribution in [0.15, 0.2) is 24.5 Å². The van der Waals surface area contributed by atoms with Crippen LogP contribution in [0.3, 0.4) is 0 Å². The fourth-order valence-corrected chi connectivity index (χ4v) is 5.05. The van der Waals surface area contributed by atoms with Crippen LogP contribution >= 0.6 is 0 Å². The van der Waals surface area contributed by atoms with E-state index in [1.165, 1.54) is 44.5 Å². The molecule has 2 atom stereocenters. The summed E-state index contributed by atoms with van der Waals surface area (Å²) in [6.45, 7) is 5.90. The smallest absolute Gasteiger partial charge is 0.225 e. The number of ether oxygens (including phenoxy) is 1. The summed E-state index contributed by atoms with van der Waals surface area (Å²) in [6, 6.07) is 4.34. The minimum absolute atomic E-state index is 0.122. The van der Waals surface area contributed by atoms with Crippen LogP contribution in [0.1, 0.15) is 31.2 Å². The van der Waals surface area contributed by atoms with Crippen molar-refractivity contribution in [1.29, 1.82) is 0 Å². The highest BCUT2D eigenvalue weighted by molar-refractivity contribution is 5.81. The van der Waals surface area contributed by atoms with Gasteiger partial charge in [-0.15, -0.1) is 0 Å². The first-order valence-electron chi connectivity index (χ1n) is 11.2. The van der Waals surface area contributed by atoms with Crippen molar-refractivity contribution in [2.24, 2.45) is 11.8 Å². The number of rotatable bonds is 5. The molecule has 0 bridgehead atoms. The van der Waals surface area contributed by atoms with Gasteiger partial charge in [0.1, 0.15) is 0 Å². The number of amides is 1. The number of hydrogen-bond donors (Lipinski definition) is 2. The van der Waals surface area contributed by atoms with Gasteiger partial charge in [-0.05, 0) is 68.3 Å². The van der Waals surface area contributed by atoms with Crippen molar-refractivity contribution in [1.82, 2.24) is 19.8 Å². The first-order chi connectivity index (χ1) is 14.7. The molecule has 30 heavy (non-hydrogen) atoms. The number of carbonyl (C=O) groups excluding carboxylic acids is 1. The van der Waals surface area contributed by atoms with Crippen molar-refractivity contribution >= 4 is 17.1 Å². The summed E-state index contributed by atoms with van der Waals surface area (Å²) in [6.07, 6.45) is 7.90. The summed E-state index contributed by atoms with van der Waals surface area (Å²) in [5, 5.41) is 17.3. The normalized spacial score (nSPS) is 26.4. The lowest BCUT2D eigenvalue weighted by Crippen LogP contribution is -2.54. The second-order valence-electron chi connectivity index (χ2n) is 8.96. The van der Waals surface area contributed by atoms with Crippen molar-refractivity contribution < 1.29 is 14.6 Å². The number of nitrogens with zero attached hydrogens (tertiary/aromatic N) is 4. The average molecular weight is 414 g/mol. The Hall–Kier alpha value is -2.16. The van der Waals surface area contributed by atoms with Crippen molar-refractivity contribution in [3.05, 3.63) is 30.1 Å². The number of aromatic nitrogens is 2. The summed E-state index contributed by atoms with van der Waals surface area (Å²) < 4.78 is 7.36. The van der Waals surface area contributed by atoms with Gasteiger partial charge in [0.15, 0.2) is 0 Å². The molecule has 1 amide bonds. The number of nitrogens with one attached hydrogen (secondary N) is 1. The van der Waals surface area contributed by atoms with E-state index in [1.54, 1.807) is 11.1 Å². The number of aliphatic hydroxyl groups is 1. The van der Waals surface area contributed by atoms with E-state index < -0.39 is 6.35 Å². The second kappa shape index (κ2) is 8.53. The van der Waals surface area contributed by atoms with Gasteiger partial charge in [-0.2, -0.15) is 5.10 Å². The SMILES string of the molecule is O=C1CCN(c2cnn3ccc(CC4CCN(C[C@H]5CCOC5)CC4)cc23)C(O)N1. The molecule has 0 aliphatic carbocycles. The summed E-state index contributed by atoms with van der Waals surface area (Å²) in [4.78, 5) is 15.9. The lowest BCUT2D eigenvalue weighted by Gasteiger charge is -2.33. The fraction of sp³-hybridized carbons (Fsp3) is 0.636. The molecule has 5 rings (SSSR count). The molecule has 0 saturated carbocycles. The minimum Gasteiger partial charge on any atom is -0.381 e. The van der Waals surface area contributed by atoms with Gasteiger partial charge in [-0.25, -0.2) is 4.52 Å². The third-order valence-corrected chi connectivity index (χ3v) is 6.81. The van der Waals surface area contributed by atoms with Crippen molar-refractivity contribution in [2.75, 3.05) is 44.3 Å². The van der Waals surface area contributed by atoms with Crippen molar-refractivity contribution in [2.45, 2.75) is 38.5 Å². The lowest BCUT2D eigenvalue weighted by molar-refractivity contribution is -0.125. The van der Waals surface area contributed by atoms with Gasteiger partial charge >= 0.3 is 0 Å². The molecular formula is C22H31N5O3. The number of aliphatic hydroxyl groups excluding tert-OH is 1. The van der Waals surface area contributed by atoms with E-state index in [-0.39, 0.29) is 5.91 Å². The van der Waals surface area contributed by atoms with E-state index in [9.17, 15) is 9.90 Å². The maximum absolute atomic E-state index is 11.5. The summed E-state index contributed by atoms with van der Waals surface area (Å²) in [5.74, 6) is 1.30. The second-order valence-corrected chi connectivity index (χ2v) is 8.96. The average Bonchev–Trinajstić information content (AvgIpc) is 3.39. The van der Waals surface area contributed by atoms with Crippen LogP contribution in [0.2, 0.25) is 0 Å². The van der Waals surface area contributed by atoms with Gasteiger partial charge in [0.25, 0.3) is 0 Å². The molecule has 3 fully saturated rings. The maximum Gasteiger partial charge on any atom is 0.225 e. The third-order valence-electron chi connectivity index (χ3n) is 6.81. The van der Waals surface area contributed by atoms with E-state index in [2.05, 4.69) is 27.4 Å². The topological polar surface area (TPSA) is 82.3 Å². The van der Waals surface area contributed by atoms with Crippen LogP contribution in [0.25, 0.3) is 5.52 Å². The van der Waals surface area contributed by atoms with Crippen molar-refractivity contribution in [3.63, 3.8) is 0 Å². The van der Waals surface area contributed by atoms with Crippen molar-refractivity contribution in [3.8, 4) is 0 Å². The monoisotopic (exact) mass is 413 g/mol. The van der Waals surface area contributed by atoms with Crippen LogP contribution in [0, 0.1) is 11.8 Å².